The van der Waals surface area contributed by atoms with Gasteiger partial charge in [-0.05, 0) is 40.5 Å². The summed E-state index contributed by atoms with van der Waals surface area (Å²) in [7, 11) is 0. The van der Waals surface area contributed by atoms with Gasteiger partial charge in [0.1, 0.15) is 0 Å². The summed E-state index contributed by atoms with van der Waals surface area (Å²) in [4.78, 5) is 0.137. The van der Waals surface area contributed by atoms with Crippen LogP contribution in [0.2, 0.25) is 0 Å². The zero-order chi connectivity index (χ0) is 18.1. The molecule has 1 fully saturated rings. The van der Waals surface area contributed by atoms with E-state index in [4.69, 9.17) is 0 Å². The Labute approximate surface area is 159 Å². The Bertz CT molecular complexity index is 900. The molecule has 0 radical (unpaired) electrons. The van der Waals surface area contributed by atoms with Gasteiger partial charge in [-0.3, -0.25) is 0 Å². The molecule has 3 atom stereocenters. The average Bonchev–Trinajstić information content (AvgIpc) is 3.24. The number of rotatable bonds is 0. The Hall–Kier alpha value is -1.94. The second kappa shape index (κ2) is 6.99. The van der Waals surface area contributed by atoms with Gasteiger partial charge in [-0.1, -0.05) is 64.5 Å². The fourth-order valence-corrected chi connectivity index (χ4v) is 4.75. The van der Waals surface area contributed by atoms with Gasteiger partial charge in [0.25, 0.3) is 5.92 Å². The quantitative estimate of drug-likeness (QED) is 0.358. The molecule has 2 aliphatic rings. The first-order valence-electron chi connectivity index (χ1n) is 8.77. The van der Waals surface area contributed by atoms with Gasteiger partial charge in [0.2, 0.25) is 0 Å². The van der Waals surface area contributed by atoms with E-state index in [-0.39, 0.29) is 17.2 Å². The van der Waals surface area contributed by atoms with E-state index < -0.39 is 11.8 Å². The van der Waals surface area contributed by atoms with Crippen molar-refractivity contribution >= 4 is 32.8 Å². The maximum Gasteiger partial charge on any atom is 0.255 e. The van der Waals surface area contributed by atoms with E-state index >= 15 is 0 Å². The fraction of sp³-hybridized carbons (Fsp3) is 0.273. The Kier molecular flexibility index (Phi) is 4.70. The molecule has 134 valence electrons. The summed E-state index contributed by atoms with van der Waals surface area (Å²) in [5.41, 5.74) is 1.77. The molecule has 1 nitrogen and oxygen atoms in total. The molecular formula is C22H19BrF2O. The Morgan fingerprint density at radius 1 is 1.00 bits per heavy atom. The fourth-order valence-electron chi connectivity index (χ4n) is 4.04. The molecular weight excluding hydrogens is 398 g/mol. The van der Waals surface area contributed by atoms with E-state index in [2.05, 4.69) is 20.3 Å². The third kappa shape index (κ3) is 3.11. The molecule has 4 heteroatoms. The zero-order valence-electron chi connectivity index (χ0n) is 14.1. The molecule has 26 heavy (non-hydrogen) atoms. The molecule has 0 amide bonds. The van der Waals surface area contributed by atoms with E-state index in [1.807, 2.05) is 60.7 Å². The van der Waals surface area contributed by atoms with Gasteiger partial charge in [0.05, 0.1) is 18.4 Å². The van der Waals surface area contributed by atoms with Crippen LogP contribution in [0.3, 0.4) is 0 Å². The number of benzene rings is 2. The Morgan fingerprint density at radius 2 is 1.77 bits per heavy atom. The third-order valence-corrected chi connectivity index (χ3v) is 6.33. The van der Waals surface area contributed by atoms with Crippen molar-refractivity contribution in [1.29, 1.82) is 0 Å². The molecule has 0 spiro atoms. The first-order valence-corrected chi connectivity index (χ1v) is 9.68. The van der Waals surface area contributed by atoms with Crippen molar-refractivity contribution < 1.29 is 13.2 Å². The monoisotopic (exact) mass is 416 g/mol. The van der Waals surface area contributed by atoms with E-state index in [0.29, 0.717) is 6.42 Å². The second-order valence-electron chi connectivity index (χ2n) is 6.81. The predicted octanol–water partition coefficient (Wildman–Crippen LogP) is 7.04. The van der Waals surface area contributed by atoms with Gasteiger partial charge in [0.15, 0.2) is 0 Å². The summed E-state index contributed by atoms with van der Waals surface area (Å²) >= 11 is 3.60. The van der Waals surface area contributed by atoms with Crippen LogP contribution in [-0.2, 0) is 0 Å². The minimum Gasteiger partial charge on any atom is -0.473 e. The van der Waals surface area contributed by atoms with Gasteiger partial charge >= 0.3 is 0 Å². The lowest BCUT2D eigenvalue weighted by atomic mass is 9.68. The molecule has 0 bridgehead atoms. The largest absolute Gasteiger partial charge is 0.473 e. The summed E-state index contributed by atoms with van der Waals surface area (Å²) in [5, 5.41) is 2.17. The van der Waals surface area contributed by atoms with Gasteiger partial charge in [-0.2, -0.15) is 0 Å². The van der Waals surface area contributed by atoms with E-state index in [1.54, 1.807) is 12.5 Å². The van der Waals surface area contributed by atoms with Crippen LogP contribution in [0, 0.1) is 5.92 Å². The summed E-state index contributed by atoms with van der Waals surface area (Å²) in [6.07, 6.45) is 7.76. The SMILES string of the molecule is FC1(F)CCC(Br)C2C=Cc3c(ccc4ccccc34)C21.c1ccoc1. The number of hydrogen-bond acceptors (Lipinski definition) is 1. The molecule has 2 aliphatic carbocycles. The summed E-state index contributed by atoms with van der Waals surface area (Å²) in [6.45, 7) is 0. The molecule has 1 saturated carbocycles. The molecule has 1 aromatic heterocycles. The summed E-state index contributed by atoms with van der Waals surface area (Å²) in [6, 6.07) is 15.5. The van der Waals surface area contributed by atoms with Crippen molar-refractivity contribution in [2.45, 2.75) is 29.5 Å². The molecule has 5 rings (SSSR count). The summed E-state index contributed by atoms with van der Waals surface area (Å²) < 4.78 is 33.7. The van der Waals surface area contributed by atoms with E-state index in [1.165, 1.54) is 0 Å². The predicted molar refractivity (Wildman–Crippen MR) is 105 cm³/mol. The zero-order valence-corrected chi connectivity index (χ0v) is 15.7. The highest BCUT2D eigenvalue weighted by Gasteiger charge is 2.51. The average molecular weight is 417 g/mol. The topological polar surface area (TPSA) is 13.1 Å². The highest BCUT2D eigenvalue weighted by Crippen LogP contribution is 2.54. The van der Waals surface area contributed by atoms with E-state index in [9.17, 15) is 8.78 Å². The van der Waals surface area contributed by atoms with Crippen LogP contribution < -0.4 is 0 Å². The van der Waals surface area contributed by atoms with Crippen molar-refractivity contribution in [2.75, 3.05) is 0 Å². The second-order valence-corrected chi connectivity index (χ2v) is 7.99. The normalized spacial score (nSPS) is 25.7. The number of hydrogen-bond donors (Lipinski definition) is 0. The van der Waals surface area contributed by atoms with E-state index in [0.717, 1.165) is 21.9 Å². The molecule has 3 aromatic rings. The maximum atomic E-state index is 14.5. The van der Waals surface area contributed by atoms with Gasteiger partial charge in [-0.25, -0.2) is 8.78 Å². The molecule has 3 unspecified atom stereocenters. The highest BCUT2D eigenvalue weighted by atomic mass is 79.9. The van der Waals surface area contributed by atoms with Crippen molar-refractivity contribution in [1.82, 2.24) is 0 Å². The smallest absolute Gasteiger partial charge is 0.255 e. The summed E-state index contributed by atoms with van der Waals surface area (Å²) in [5.74, 6) is -3.46. The number of alkyl halides is 3. The van der Waals surface area contributed by atoms with Crippen LogP contribution >= 0.6 is 15.9 Å². The van der Waals surface area contributed by atoms with Crippen LogP contribution in [0.4, 0.5) is 8.78 Å². The Balaban J connectivity index is 0.000000292. The first kappa shape index (κ1) is 17.5. The Morgan fingerprint density at radius 3 is 2.50 bits per heavy atom. The van der Waals surface area contributed by atoms with Crippen molar-refractivity contribution in [3.8, 4) is 0 Å². The number of allylic oxidation sites excluding steroid dienone is 1. The minimum absolute atomic E-state index is 0.0375. The molecule has 1 heterocycles. The van der Waals surface area contributed by atoms with Crippen molar-refractivity contribution in [2.24, 2.45) is 5.92 Å². The lowest BCUT2D eigenvalue weighted by molar-refractivity contribution is -0.0659. The van der Waals surface area contributed by atoms with Crippen molar-refractivity contribution in [3.63, 3.8) is 0 Å². The molecule has 2 aromatic carbocycles. The van der Waals surface area contributed by atoms with Crippen LogP contribution in [0.15, 0.2) is 71.6 Å². The lowest BCUT2D eigenvalue weighted by Crippen LogP contribution is -2.42. The molecule has 0 saturated heterocycles. The first-order chi connectivity index (χ1) is 12.6. The van der Waals surface area contributed by atoms with Crippen LogP contribution in [0.5, 0.6) is 0 Å². The lowest BCUT2D eigenvalue weighted by Gasteiger charge is -2.42. The molecule has 0 aliphatic heterocycles. The van der Waals surface area contributed by atoms with Crippen LogP contribution in [-0.4, -0.2) is 10.7 Å². The highest BCUT2D eigenvalue weighted by molar-refractivity contribution is 9.09. The number of furan rings is 1. The van der Waals surface area contributed by atoms with Crippen LogP contribution in [0.1, 0.15) is 29.9 Å². The standard InChI is InChI=1S/C18H15BrF2.C4H4O/c19-16-9-10-18(20,21)17-14-6-5-11-3-1-2-4-12(11)13(14)7-8-15(16)17;1-2-4-5-3-1/h1-8,15-17H,9-10H2;1-4H. The third-order valence-electron chi connectivity index (χ3n) is 5.26. The van der Waals surface area contributed by atoms with Gasteiger partial charge in [-0.15, -0.1) is 0 Å². The van der Waals surface area contributed by atoms with Gasteiger partial charge in [0, 0.05) is 17.2 Å². The molecule has 0 N–H and O–H groups in total. The van der Waals surface area contributed by atoms with Gasteiger partial charge < -0.3 is 4.42 Å². The van der Waals surface area contributed by atoms with Crippen LogP contribution in [0.25, 0.3) is 16.8 Å². The van der Waals surface area contributed by atoms with Crippen molar-refractivity contribution in [3.05, 3.63) is 78.3 Å². The number of halogens is 3. The minimum atomic E-state index is -2.63. The maximum absolute atomic E-state index is 14.5. The number of fused-ring (bicyclic) bond motifs is 5.